The van der Waals surface area contributed by atoms with E-state index in [9.17, 15) is 14.4 Å². The number of amides is 2. The molecule has 7 nitrogen and oxygen atoms in total. The molecular weight excluding hydrogens is 440 g/mol. The number of carbonyl (C=O) groups is 2. The van der Waals surface area contributed by atoms with Gasteiger partial charge in [0.2, 0.25) is 5.43 Å². The van der Waals surface area contributed by atoms with Crippen LogP contribution in [0.2, 0.25) is 0 Å². The van der Waals surface area contributed by atoms with Crippen molar-refractivity contribution in [3.8, 4) is 0 Å². The van der Waals surface area contributed by atoms with Gasteiger partial charge in [-0.3, -0.25) is 19.4 Å². The summed E-state index contributed by atoms with van der Waals surface area (Å²) in [5.41, 5.74) is 1.24. The van der Waals surface area contributed by atoms with E-state index in [1.807, 2.05) is 47.0 Å². The Kier molecular flexibility index (Phi) is 6.75. The molecule has 0 aliphatic heterocycles. The van der Waals surface area contributed by atoms with E-state index in [0.717, 1.165) is 49.7 Å². The van der Waals surface area contributed by atoms with Crippen molar-refractivity contribution in [1.29, 1.82) is 0 Å². The van der Waals surface area contributed by atoms with Crippen LogP contribution in [0.15, 0.2) is 72.0 Å². The third-order valence-corrected chi connectivity index (χ3v) is 6.89. The first kappa shape index (κ1) is 23.0. The van der Waals surface area contributed by atoms with E-state index in [-0.39, 0.29) is 29.1 Å². The minimum atomic E-state index is -0.533. The lowest BCUT2D eigenvalue weighted by atomic mass is 9.95. The summed E-state index contributed by atoms with van der Waals surface area (Å²) in [6.45, 7) is 0. The van der Waals surface area contributed by atoms with Crippen LogP contribution < -0.4 is 16.1 Å². The fourth-order valence-electron chi connectivity index (χ4n) is 4.78. The number of rotatable bonds is 7. The van der Waals surface area contributed by atoms with Crippen LogP contribution in [0.4, 0.5) is 0 Å². The first-order chi connectivity index (χ1) is 17.1. The molecular formula is C28H30N4O3. The quantitative estimate of drug-likeness (QED) is 0.542. The van der Waals surface area contributed by atoms with Crippen LogP contribution in [0.5, 0.6) is 0 Å². The predicted molar refractivity (Wildman–Crippen MR) is 133 cm³/mol. The molecule has 1 aromatic carbocycles. The molecule has 5 rings (SSSR count). The molecule has 2 fully saturated rings. The van der Waals surface area contributed by atoms with Gasteiger partial charge in [-0.15, -0.1) is 0 Å². The van der Waals surface area contributed by atoms with Crippen LogP contribution in [-0.4, -0.2) is 27.4 Å². The number of nitrogens with zero attached hydrogens (tertiary/aromatic N) is 2. The molecule has 0 bridgehead atoms. The highest BCUT2D eigenvalue weighted by Gasteiger charge is 2.29. The third-order valence-electron chi connectivity index (χ3n) is 6.89. The number of hydrogen-bond acceptors (Lipinski definition) is 4. The molecule has 2 N–H and O–H groups in total. The minimum absolute atomic E-state index is 0.0109. The van der Waals surface area contributed by atoms with Crippen molar-refractivity contribution < 1.29 is 9.59 Å². The number of nitrogens with one attached hydrogen (secondary N) is 2. The second-order valence-electron chi connectivity index (χ2n) is 9.50. The summed E-state index contributed by atoms with van der Waals surface area (Å²) in [5, 5.41) is 6.06. The number of pyridine rings is 2. The van der Waals surface area contributed by atoms with Gasteiger partial charge in [-0.1, -0.05) is 49.6 Å². The van der Waals surface area contributed by atoms with E-state index in [0.29, 0.717) is 0 Å². The first-order valence-corrected chi connectivity index (χ1v) is 12.4. The van der Waals surface area contributed by atoms with Gasteiger partial charge in [0.25, 0.3) is 11.8 Å². The topological polar surface area (TPSA) is 93.1 Å². The Morgan fingerprint density at radius 3 is 2.11 bits per heavy atom. The van der Waals surface area contributed by atoms with Crippen LogP contribution in [-0.2, 0) is 0 Å². The van der Waals surface area contributed by atoms with Crippen molar-refractivity contribution >= 4 is 11.8 Å². The van der Waals surface area contributed by atoms with Gasteiger partial charge in [-0.25, -0.2) is 0 Å². The highest BCUT2D eigenvalue weighted by molar-refractivity contribution is 5.99. The zero-order valence-corrected chi connectivity index (χ0v) is 19.7. The SMILES string of the molecule is O=C(NC1CCCCC1)c1cn(C2CC2)cc(C(=O)NC(c2ccccc2)c2ccncc2)c1=O. The van der Waals surface area contributed by atoms with E-state index in [1.54, 1.807) is 24.8 Å². The molecule has 0 radical (unpaired) electrons. The Labute approximate surface area is 204 Å². The van der Waals surface area contributed by atoms with Crippen LogP contribution in [0.25, 0.3) is 0 Å². The summed E-state index contributed by atoms with van der Waals surface area (Å²) in [6.07, 6.45) is 13.7. The van der Waals surface area contributed by atoms with Gasteiger partial charge >= 0.3 is 0 Å². The monoisotopic (exact) mass is 470 g/mol. The van der Waals surface area contributed by atoms with Gasteiger partial charge in [0.15, 0.2) is 0 Å². The smallest absolute Gasteiger partial charge is 0.257 e. The fourth-order valence-corrected chi connectivity index (χ4v) is 4.78. The van der Waals surface area contributed by atoms with E-state index < -0.39 is 17.4 Å². The zero-order valence-electron chi connectivity index (χ0n) is 19.7. The summed E-state index contributed by atoms with van der Waals surface area (Å²) in [4.78, 5) is 44.1. The molecule has 2 heterocycles. The normalized spacial score (nSPS) is 16.9. The standard InChI is InChI=1S/C28H30N4O3/c33-26-23(27(34)30-21-9-5-2-6-10-21)17-32(22-11-12-22)18-24(26)28(35)31-25(19-7-3-1-4-8-19)20-13-15-29-16-14-20/h1,3-4,7-8,13-18,21-22,25H,2,5-6,9-12H2,(H,30,34)(H,31,35). The third kappa shape index (κ3) is 5.34. The van der Waals surface area contributed by atoms with Gasteiger partial charge in [0.1, 0.15) is 11.1 Å². The van der Waals surface area contributed by atoms with Gasteiger partial charge in [0.05, 0.1) is 6.04 Å². The van der Waals surface area contributed by atoms with E-state index >= 15 is 0 Å². The average molecular weight is 471 g/mol. The lowest BCUT2D eigenvalue weighted by Crippen LogP contribution is -2.40. The maximum atomic E-state index is 13.5. The number of benzene rings is 1. The molecule has 0 saturated heterocycles. The van der Waals surface area contributed by atoms with Crippen LogP contribution in [0.3, 0.4) is 0 Å². The van der Waals surface area contributed by atoms with Crippen molar-refractivity contribution in [2.75, 3.05) is 0 Å². The summed E-state index contributed by atoms with van der Waals surface area (Å²) >= 11 is 0. The van der Waals surface area contributed by atoms with Gasteiger partial charge in [-0.05, 0) is 48.9 Å². The van der Waals surface area contributed by atoms with Crippen LogP contribution in [0.1, 0.15) is 88.9 Å². The molecule has 0 spiro atoms. The molecule has 1 atom stereocenters. The Bertz CT molecular complexity index is 1210. The zero-order chi connectivity index (χ0) is 24.2. The number of hydrogen-bond donors (Lipinski definition) is 2. The Balaban J connectivity index is 1.46. The van der Waals surface area contributed by atoms with E-state index in [4.69, 9.17) is 0 Å². The molecule has 1 unspecified atom stereocenters. The van der Waals surface area contributed by atoms with Crippen molar-refractivity contribution in [3.05, 3.63) is 99.7 Å². The minimum Gasteiger partial charge on any atom is -0.349 e. The van der Waals surface area contributed by atoms with Crippen molar-refractivity contribution in [2.45, 2.75) is 63.1 Å². The lowest BCUT2D eigenvalue weighted by molar-refractivity contribution is 0.0925. The summed E-state index contributed by atoms with van der Waals surface area (Å²) < 4.78 is 1.86. The lowest BCUT2D eigenvalue weighted by Gasteiger charge is -2.23. The van der Waals surface area contributed by atoms with E-state index in [2.05, 4.69) is 15.6 Å². The molecule has 2 amide bonds. The maximum Gasteiger partial charge on any atom is 0.257 e. The largest absolute Gasteiger partial charge is 0.349 e. The van der Waals surface area contributed by atoms with Gasteiger partial charge in [-0.2, -0.15) is 0 Å². The van der Waals surface area contributed by atoms with Crippen molar-refractivity contribution in [3.63, 3.8) is 0 Å². The van der Waals surface area contributed by atoms with Crippen molar-refractivity contribution in [1.82, 2.24) is 20.2 Å². The van der Waals surface area contributed by atoms with Gasteiger partial charge < -0.3 is 15.2 Å². The molecule has 2 aromatic heterocycles. The molecule has 180 valence electrons. The molecule has 2 aliphatic carbocycles. The second kappa shape index (κ2) is 10.3. The second-order valence-corrected chi connectivity index (χ2v) is 9.50. The molecule has 7 heteroatoms. The number of carbonyl (C=O) groups excluding carboxylic acids is 2. The summed E-state index contributed by atoms with van der Waals surface area (Å²) in [6, 6.07) is 13.1. The van der Waals surface area contributed by atoms with Crippen molar-refractivity contribution in [2.24, 2.45) is 0 Å². The first-order valence-electron chi connectivity index (χ1n) is 12.4. The van der Waals surface area contributed by atoms with Crippen LogP contribution in [0, 0.1) is 0 Å². The number of aromatic nitrogens is 2. The molecule has 2 saturated carbocycles. The molecule has 2 aliphatic rings. The Morgan fingerprint density at radius 1 is 0.829 bits per heavy atom. The van der Waals surface area contributed by atoms with Gasteiger partial charge in [0, 0.05) is 36.9 Å². The highest BCUT2D eigenvalue weighted by atomic mass is 16.2. The fraction of sp³-hybridized carbons (Fsp3) is 0.357. The Hall–Kier alpha value is -3.74. The summed E-state index contributed by atoms with van der Waals surface area (Å²) in [5.74, 6) is -0.887. The predicted octanol–water partition coefficient (Wildman–Crippen LogP) is 4.16. The van der Waals surface area contributed by atoms with E-state index in [1.165, 1.54) is 6.42 Å². The maximum absolute atomic E-state index is 13.5. The summed E-state index contributed by atoms with van der Waals surface area (Å²) in [7, 11) is 0. The average Bonchev–Trinajstić information content (AvgIpc) is 3.74. The highest BCUT2D eigenvalue weighted by Crippen LogP contribution is 2.34. The molecule has 3 aromatic rings. The van der Waals surface area contributed by atoms with Crippen LogP contribution >= 0.6 is 0 Å². The molecule has 35 heavy (non-hydrogen) atoms. The Morgan fingerprint density at radius 2 is 1.46 bits per heavy atom.